The summed E-state index contributed by atoms with van der Waals surface area (Å²) in [7, 11) is 0. The Morgan fingerprint density at radius 1 is 1.41 bits per heavy atom. The third kappa shape index (κ3) is 5.27. The molecule has 0 aromatic heterocycles. The number of fused-ring (bicyclic) bond motifs is 1. The summed E-state index contributed by atoms with van der Waals surface area (Å²) in [6.45, 7) is 7.69. The highest BCUT2D eigenvalue weighted by molar-refractivity contribution is 9.11. The third-order valence-corrected chi connectivity index (χ3v) is 6.68. The highest BCUT2D eigenvalue weighted by Crippen LogP contribution is 2.39. The highest BCUT2D eigenvalue weighted by Gasteiger charge is 2.40. The number of amides is 1. The van der Waals surface area contributed by atoms with Gasteiger partial charge < -0.3 is 15.4 Å². The van der Waals surface area contributed by atoms with Crippen LogP contribution in [0.5, 0.6) is 0 Å². The molecule has 1 saturated heterocycles. The van der Waals surface area contributed by atoms with E-state index in [1.54, 1.807) is 6.08 Å². The van der Waals surface area contributed by atoms with E-state index in [0.29, 0.717) is 29.8 Å². The molecule has 1 unspecified atom stereocenters. The summed E-state index contributed by atoms with van der Waals surface area (Å²) in [5.74, 6) is 0.175. The summed E-state index contributed by atoms with van der Waals surface area (Å²) >= 11 is 3.31. The van der Waals surface area contributed by atoms with Crippen LogP contribution >= 0.6 is 15.9 Å². The molecule has 2 aliphatic carbocycles. The molecule has 1 fully saturated rings. The van der Waals surface area contributed by atoms with Gasteiger partial charge in [-0.2, -0.15) is 0 Å². The van der Waals surface area contributed by atoms with Gasteiger partial charge in [-0.1, -0.05) is 12.2 Å². The highest BCUT2D eigenvalue weighted by atomic mass is 79.9. The van der Waals surface area contributed by atoms with Gasteiger partial charge in [-0.3, -0.25) is 9.69 Å². The molecule has 0 bridgehead atoms. The molecule has 4 rings (SSSR count). The molecule has 0 aromatic carbocycles. The van der Waals surface area contributed by atoms with Crippen LogP contribution in [-0.4, -0.2) is 67.9 Å². The van der Waals surface area contributed by atoms with E-state index >= 15 is 0 Å². The minimum absolute atomic E-state index is 0.0706. The standard InChI is InChI=1S/C23H29BrFN5O2/c1-15(31)27-17-10-16(13-30-6-8-32-9-7-30)11-18(12-17)28-22-26-14-23(2)20(29-22)5-3-4-19(24)21(23)25/h3-4,10-11,18H,5-9,12-14H2,1-2H3,(H,26,28)(H,27,31)/t18?,23-/m0/s1. The Morgan fingerprint density at radius 2 is 2.19 bits per heavy atom. The molecular weight excluding hydrogens is 477 g/mol. The predicted octanol–water partition coefficient (Wildman–Crippen LogP) is 2.98. The lowest BCUT2D eigenvalue weighted by atomic mass is 9.82. The number of hydrogen-bond donors (Lipinski definition) is 2. The maximum Gasteiger partial charge on any atom is 0.220 e. The fraction of sp³-hybridized carbons (Fsp3) is 0.522. The number of nitrogens with one attached hydrogen (secondary N) is 2. The molecule has 4 aliphatic rings. The molecule has 2 heterocycles. The Hall–Kier alpha value is -2.10. The van der Waals surface area contributed by atoms with Crippen LogP contribution in [0.4, 0.5) is 4.39 Å². The summed E-state index contributed by atoms with van der Waals surface area (Å²) in [4.78, 5) is 23.3. The van der Waals surface area contributed by atoms with Crippen LogP contribution in [0, 0.1) is 5.41 Å². The zero-order valence-electron chi connectivity index (χ0n) is 18.5. The van der Waals surface area contributed by atoms with Crippen molar-refractivity contribution in [3.63, 3.8) is 0 Å². The van der Waals surface area contributed by atoms with Crippen LogP contribution in [0.1, 0.15) is 26.7 Å². The molecule has 1 amide bonds. The number of ether oxygens (including phenoxy) is 1. The Labute approximate surface area is 196 Å². The number of allylic oxidation sites excluding steroid dienone is 3. The Bertz CT molecular complexity index is 961. The molecule has 172 valence electrons. The first-order valence-electron chi connectivity index (χ1n) is 10.9. The number of nitrogens with zero attached hydrogens (tertiary/aromatic N) is 3. The second kappa shape index (κ2) is 9.80. The van der Waals surface area contributed by atoms with E-state index in [1.807, 2.05) is 13.0 Å². The van der Waals surface area contributed by atoms with Crippen LogP contribution in [-0.2, 0) is 9.53 Å². The number of morpholine rings is 1. The molecule has 0 aromatic rings. The van der Waals surface area contributed by atoms with E-state index in [0.717, 1.165) is 49.8 Å². The summed E-state index contributed by atoms with van der Waals surface area (Å²) in [6, 6.07) is -0.0706. The van der Waals surface area contributed by atoms with Crippen molar-refractivity contribution in [2.24, 2.45) is 15.4 Å². The summed E-state index contributed by atoms with van der Waals surface area (Å²) in [5.41, 5.74) is 1.91. The van der Waals surface area contributed by atoms with Crippen LogP contribution < -0.4 is 10.6 Å². The minimum atomic E-state index is -0.835. The first-order chi connectivity index (χ1) is 15.3. The SMILES string of the molecule is CC(=O)NC1=CC(CN2CCOCC2)=CC(NC2=NC[C@@]3(C)C(=N2)CC=CC(Br)=C3F)C1. The molecule has 32 heavy (non-hydrogen) atoms. The molecule has 2 aliphatic heterocycles. The van der Waals surface area contributed by atoms with E-state index < -0.39 is 5.41 Å². The van der Waals surface area contributed by atoms with Gasteiger partial charge in [0.05, 0.1) is 31.2 Å². The van der Waals surface area contributed by atoms with Crippen molar-refractivity contribution in [1.29, 1.82) is 0 Å². The molecule has 2 atom stereocenters. The van der Waals surface area contributed by atoms with Gasteiger partial charge in [0, 0.05) is 55.3 Å². The monoisotopic (exact) mass is 505 g/mol. The summed E-state index contributed by atoms with van der Waals surface area (Å²) in [5, 5.41) is 6.34. The zero-order valence-corrected chi connectivity index (χ0v) is 20.0. The largest absolute Gasteiger partial charge is 0.379 e. The smallest absolute Gasteiger partial charge is 0.220 e. The quantitative estimate of drug-likeness (QED) is 0.615. The fourth-order valence-corrected chi connectivity index (χ4v) is 4.96. The van der Waals surface area contributed by atoms with E-state index in [-0.39, 0.29) is 17.8 Å². The van der Waals surface area contributed by atoms with Gasteiger partial charge >= 0.3 is 0 Å². The third-order valence-electron chi connectivity index (χ3n) is 6.07. The number of carbonyl (C=O) groups excluding carboxylic acids is 1. The average molecular weight is 506 g/mol. The average Bonchev–Trinajstić information content (AvgIpc) is 2.85. The number of hydrogen-bond acceptors (Lipinski definition) is 6. The van der Waals surface area contributed by atoms with Crippen LogP contribution in [0.2, 0.25) is 0 Å². The number of rotatable bonds is 4. The zero-order chi connectivity index (χ0) is 22.7. The van der Waals surface area contributed by atoms with E-state index in [1.165, 1.54) is 6.92 Å². The van der Waals surface area contributed by atoms with Crippen LogP contribution in [0.25, 0.3) is 0 Å². The summed E-state index contributed by atoms with van der Waals surface area (Å²) in [6.07, 6.45) is 9.05. The van der Waals surface area contributed by atoms with Crippen molar-refractivity contribution < 1.29 is 13.9 Å². The van der Waals surface area contributed by atoms with Crippen molar-refractivity contribution >= 4 is 33.5 Å². The molecule has 0 spiro atoms. The maximum absolute atomic E-state index is 14.9. The van der Waals surface area contributed by atoms with Gasteiger partial charge in [0.25, 0.3) is 0 Å². The van der Waals surface area contributed by atoms with Crippen LogP contribution in [0.15, 0.2) is 55.9 Å². The van der Waals surface area contributed by atoms with Crippen molar-refractivity contribution in [3.8, 4) is 0 Å². The molecule has 0 radical (unpaired) electrons. The normalized spacial score (nSPS) is 28.7. The van der Waals surface area contributed by atoms with Gasteiger partial charge in [0.15, 0.2) is 0 Å². The van der Waals surface area contributed by atoms with Crippen molar-refractivity contribution in [3.05, 3.63) is 45.9 Å². The second-order valence-electron chi connectivity index (χ2n) is 8.73. The lowest BCUT2D eigenvalue weighted by Gasteiger charge is -2.32. The predicted molar refractivity (Wildman–Crippen MR) is 127 cm³/mol. The summed E-state index contributed by atoms with van der Waals surface area (Å²) < 4.78 is 20.8. The molecular formula is C23H29BrFN5O2. The second-order valence-corrected chi connectivity index (χ2v) is 9.59. The van der Waals surface area contributed by atoms with Crippen molar-refractivity contribution in [2.45, 2.75) is 32.7 Å². The topological polar surface area (TPSA) is 78.3 Å². The maximum atomic E-state index is 14.9. The fourth-order valence-electron chi connectivity index (χ4n) is 4.34. The number of guanidine groups is 1. The molecule has 0 saturated carbocycles. The minimum Gasteiger partial charge on any atom is -0.379 e. The van der Waals surface area contributed by atoms with Crippen molar-refractivity contribution in [2.75, 3.05) is 39.4 Å². The van der Waals surface area contributed by atoms with Gasteiger partial charge in [-0.05, 0) is 40.6 Å². The molecule has 7 nitrogen and oxygen atoms in total. The first-order valence-corrected chi connectivity index (χ1v) is 11.7. The number of halogens is 2. The number of aliphatic imine (C=N–C) groups is 2. The van der Waals surface area contributed by atoms with Gasteiger partial charge in [0.2, 0.25) is 11.9 Å². The van der Waals surface area contributed by atoms with E-state index in [9.17, 15) is 9.18 Å². The lowest BCUT2D eigenvalue weighted by Crippen LogP contribution is -2.43. The van der Waals surface area contributed by atoms with Crippen LogP contribution in [0.3, 0.4) is 0 Å². The Balaban J connectivity index is 1.51. The Kier molecular flexibility index (Phi) is 7.07. The molecule has 2 N–H and O–H groups in total. The van der Waals surface area contributed by atoms with Gasteiger partial charge in [0.1, 0.15) is 5.83 Å². The molecule has 9 heteroatoms. The number of carbonyl (C=O) groups is 1. The van der Waals surface area contributed by atoms with E-state index in [4.69, 9.17) is 4.74 Å². The van der Waals surface area contributed by atoms with Gasteiger partial charge in [-0.25, -0.2) is 14.4 Å². The van der Waals surface area contributed by atoms with Crippen molar-refractivity contribution in [1.82, 2.24) is 15.5 Å². The first kappa shape index (κ1) is 23.1. The van der Waals surface area contributed by atoms with E-state index in [2.05, 4.69) is 53.6 Å². The van der Waals surface area contributed by atoms with Gasteiger partial charge in [-0.15, -0.1) is 0 Å². The lowest BCUT2D eigenvalue weighted by molar-refractivity contribution is -0.118. The Morgan fingerprint density at radius 3 is 2.94 bits per heavy atom.